The van der Waals surface area contributed by atoms with Gasteiger partial charge < -0.3 is 10.5 Å². The maximum absolute atomic E-state index is 11.6. The van der Waals surface area contributed by atoms with Gasteiger partial charge in [0.15, 0.2) is 5.69 Å². The van der Waals surface area contributed by atoms with Crippen LogP contribution in [0.1, 0.15) is 33.8 Å². The molecule has 0 aliphatic rings. The highest BCUT2D eigenvalue weighted by molar-refractivity contribution is 7.09. The van der Waals surface area contributed by atoms with E-state index in [4.69, 9.17) is 10.5 Å². The topological polar surface area (TPSA) is 95.9 Å². The van der Waals surface area contributed by atoms with Crippen LogP contribution in [-0.2, 0) is 24.1 Å². The second-order valence-corrected chi connectivity index (χ2v) is 5.10. The van der Waals surface area contributed by atoms with Crippen LogP contribution in [0.15, 0.2) is 5.38 Å². The van der Waals surface area contributed by atoms with Gasteiger partial charge in [0.1, 0.15) is 0 Å². The van der Waals surface area contributed by atoms with E-state index in [0.717, 1.165) is 17.1 Å². The lowest BCUT2D eigenvalue weighted by molar-refractivity contribution is 0.0592. The molecule has 0 aliphatic carbocycles. The van der Waals surface area contributed by atoms with E-state index in [9.17, 15) is 4.79 Å². The third-order valence-corrected chi connectivity index (χ3v) is 3.85. The van der Waals surface area contributed by atoms with E-state index >= 15 is 0 Å². The summed E-state index contributed by atoms with van der Waals surface area (Å²) >= 11 is 1.62. The van der Waals surface area contributed by atoms with Crippen molar-refractivity contribution in [2.45, 2.75) is 26.3 Å². The number of hydrogen-bond acceptors (Lipinski definition) is 7. The average molecular weight is 295 g/mol. The van der Waals surface area contributed by atoms with Gasteiger partial charge in [-0.3, -0.25) is 0 Å². The molecule has 7 nitrogen and oxygen atoms in total. The van der Waals surface area contributed by atoms with Crippen LogP contribution in [-0.4, -0.2) is 39.6 Å². The molecule has 0 saturated carbocycles. The van der Waals surface area contributed by atoms with Crippen LogP contribution in [0.3, 0.4) is 0 Å². The second kappa shape index (κ2) is 6.58. The van der Waals surface area contributed by atoms with Crippen molar-refractivity contribution in [3.63, 3.8) is 0 Å². The standard InChI is InChI=1S/C12H17N5O2S/c1-3-10-14-8(7-20-10)6-17-9(4-5-13)11(15-16-17)12(18)19-2/h7H,3-6,13H2,1-2H3. The summed E-state index contributed by atoms with van der Waals surface area (Å²) in [5.74, 6) is -0.493. The number of carbonyl (C=O) groups is 1. The number of thiazole rings is 1. The van der Waals surface area contributed by atoms with Gasteiger partial charge in [-0.25, -0.2) is 14.5 Å². The maximum Gasteiger partial charge on any atom is 0.360 e. The van der Waals surface area contributed by atoms with E-state index in [1.165, 1.54) is 7.11 Å². The van der Waals surface area contributed by atoms with Crippen LogP contribution < -0.4 is 5.73 Å². The maximum atomic E-state index is 11.6. The van der Waals surface area contributed by atoms with Gasteiger partial charge in [0.05, 0.1) is 30.1 Å². The first kappa shape index (κ1) is 14.6. The Morgan fingerprint density at radius 3 is 2.95 bits per heavy atom. The monoisotopic (exact) mass is 295 g/mol. The van der Waals surface area contributed by atoms with E-state index < -0.39 is 5.97 Å². The summed E-state index contributed by atoms with van der Waals surface area (Å²) in [4.78, 5) is 16.1. The summed E-state index contributed by atoms with van der Waals surface area (Å²) in [6.45, 7) is 2.96. The molecule has 0 aromatic carbocycles. The highest BCUT2D eigenvalue weighted by atomic mass is 32.1. The molecule has 0 radical (unpaired) electrons. The molecule has 8 heteroatoms. The van der Waals surface area contributed by atoms with E-state index in [0.29, 0.717) is 25.2 Å². The summed E-state index contributed by atoms with van der Waals surface area (Å²) in [6, 6.07) is 0. The molecule has 0 unspecified atom stereocenters. The highest BCUT2D eigenvalue weighted by Gasteiger charge is 2.20. The predicted octanol–water partition coefficient (Wildman–Crippen LogP) is 0.633. The smallest absolute Gasteiger partial charge is 0.360 e. The van der Waals surface area contributed by atoms with Gasteiger partial charge >= 0.3 is 5.97 Å². The van der Waals surface area contributed by atoms with Crippen LogP contribution in [0.5, 0.6) is 0 Å². The van der Waals surface area contributed by atoms with E-state index in [1.54, 1.807) is 16.0 Å². The van der Waals surface area contributed by atoms with Crippen molar-refractivity contribution in [2.75, 3.05) is 13.7 Å². The molecule has 2 aromatic rings. The first-order valence-electron chi connectivity index (χ1n) is 6.33. The summed E-state index contributed by atoms with van der Waals surface area (Å²) in [5.41, 5.74) is 7.40. The van der Waals surface area contributed by atoms with Crippen LogP contribution >= 0.6 is 11.3 Å². The van der Waals surface area contributed by atoms with Gasteiger partial charge in [0.2, 0.25) is 0 Å². The number of aromatic nitrogens is 4. The molecule has 2 N–H and O–H groups in total. The molecule has 2 aromatic heterocycles. The lowest BCUT2D eigenvalue weighted by Gasteiger charge is -2.04. The Kier molecular flexibility index (Phi) is 4.80. The molecule has 2 rings (SSSR count). The van der Waals surface area contributed by atoms with Gasteiger partial charge in [-0.15, -0.1) is 16.4 Å². The zero-order valence-corrected chi connectivity index (χ0v) is 12.3. The minimum atomic E-state index is -0.493. The Bertz CT molecular complexity index is 592. The fourth-order valence-electron chi connectivity index (χ4n) is 1.84. The van der Waals surface area contributed by atoms with Crippen molar-refractivity contribution in [3.8, 4) is 0 Å². The van der Waals surface area contributed by atoms with Gasteiger partial charge in [-0.2, -0.15) is 0 Å². The molecule has 0 fully saturated rings. The quantitative estimate of drug-likeness (QED) is 0.785. The van der Waals surface area contributed by atoms with Crippen molar-refractivity contribution in [1.82, 2.24) is 20.0 Å². The molecule has 2 heterocycles. The van der Waals surface area contributed by atoms with Crippen molar-refractivity contribution in [3.05, 3.63) is 27.5 Å². The van der Waals surface area contributed by atoms with Gasteiger partial charge in [-0.05, 0) is 13.0 Å². The third kappa shape index (κ3) is 3.02. The first-order chi connectivity index (χ1) is 9.69. The highest BCUT2D eigenvalue weighted by Crippen LogP contribution is 2.14. The number of nitrogens with two attached hydrogens (primary N) is 1. The predicted molar refractivity (Wildman–Crippen MR) is 74.7 cm³/mol. The molecule has 0 amide bonds. The van der Waals surface area contributed by atoms with Gasteiger partial charge in [-0.1, -0.05) is 12.1 Å². The van der Waals surface area contributed by atoms with Crippen LogP contribution in [0.25, 0.3) is 0 Å². The lowest BCUT2D eigenvalue weighted by atomic mass is 10.2. The Balaban J connectivity index is 2.26. The molecule has 20 heavy (non-hydrogen) atoms. The number of hydrogen-bond donors (Lipinski definition) is 1. The van der Waals surface area contributed by atoms with Gasteiger partial charge in [0, 0.05) is 11.8 Å². The van der Waals surface area contributed by atoms with E-state index in [-0.39, 0.29) is 5.69 Å². The van der Waals surface area contributed by atoms with Crippen LogP contribution in [0, 0.1) is 0 Å². The number of carbonyl (C=O) groups excluding carboxylic acids is 1. The molecular formula is C12H17N5O2S. The summed E-state index contributed by atoms with van der Waals surface area (Å²) in [6.07, 6.45) is 1.42. The van der Waals surface area contributed by atoms with E-state index in [1.807, 2.05) is 5.38 Å². The number of esters is 1. The van der Waals surface area contributed by atoms with Crippen molar-refractivity contribution in [2.24, 2.45) is 5.73 Å². The Hall–Kier alpha value is -1.80. The number of methoxy groups -OCH3 is 1. The lowest BCUT2D eigenvalue weighted by Crippen LogP contribution is -2.15. The van der Waals surface area contributed by atoms with Gasteiger partial charge in [0.25, 0.3) is 0 Å². The van der Waals surface area contributed by atoms with Crippen molar-refractivity contribution >= 4 is 17.3 Å². The first-order valence-corrected chi connectivity index (χ1v) is 7.21. The molecular weight excluding hydrogens is 278 g/mol. The molecule has 108 valence electrons. The number of rotatable bonds is 6. The molecule has 0 saturated heterocycles. The zero-order valence-electron chi connectivity index (χ0n) is 11.5. The second-order valence-electron chi connectivity index (χ2n) is 4.16. The zero-order chi connectivity index (χ0) is 14.5. The molecule has 0 aliphatic heterocycles. The summed E-state index contributed by atoms with van der Waals surface area (Å²) in [7, 11) is 1.32. The number of aryl methyl sites for hydroxylation is 1. The molecule has 0 spiro atoms. The Labute approximate surface area is 120 Å². The van der Waals surface area contributed by atoms with Crippen molar-refractivity contribution in [1.29, 1.82) is 0 Å². The fourth-order valence-corrected chi connectivity index (χ4v) is 2.57. The SMILES string of the molecule is CCc1nc(Cn2nnc(C(=O)OC)c2CCN)cs1. The largest absolute Gasteiger partial charge is 0.464 e. The van der Waals surface area contributed by atoms with Crippen LogP contribution in [0.4, 0.5) is 0 Å². The third-order valence-electron chi connectivity index (χ3n) is 2.81. The normalized spacial score (nSPS) is 10.8. The number of ether oxygens (including phenoxy) is 1. The molecule has 0 bridgehead atoms. The minimum absolute atomic E-state index is 0.226. The average Bonchev–Trinajstić information content (AvgIpc) is 3.07. The fraction of sp³-hybridized carbons (Fsp3) is 0.500. The Morgan fingerprint density at radius 2 is 2.35 bits per heavy atom. The van der Waals surface area contributed by atoms with Crippen LogP contribution in [0.2, 0.25) is 0 Å². The summed E-state index contributed by atoms with van der Waals surface area (Å²) in [5, 5.41) is 11.0. The molecule has 0 atom stereocenters. The Morgan fingerprint density at radius 1 is 1.55 bits per heavy atom. The minimum Gasteiger partial charge on any atom is -0.464 e. The summed E-state index contributed by atoms with van der Waals surface area (Å²) < 4.78 is 6.36. The number of nitrogens with zero attached hydrogens (tertiary/aromatic N) is 4. The van der Waals surface area contributed by atoms with E-state index in [2.05, 4.69) is 22.2 Å². The van der Waals surface area contributed by atoms with Crippen molar-refractivity contribution < 1.29 is 9.53 Å².